The van der Waals surface area contributed by atoms with Crippen LogP contribution in [-0.4, -0.2) is 45.5 Å². The molecule has 0 rings (SSSR count). The third-order valence-corrected chi connectivity index (χ3v) is 2.73. The van der Waals surface area contributed by atoms with Crippen LogP contribution in [0.1, 0.15) is 0 Å². The quantitative estimate of drug-likeness (QED) is 0.485. The highest BCUT2D eigenvalue weighted by atomic mass is 32.5. The first-order chi connectivity index (χ1) is 6.12. The summed E-state index contributed by atoms with van der Waals surface area (Å²) in [7, 11) is 3.08. The van der Waals surface area contributed by atoms with Crippen molar-refractivity contribution in [2.24, 2.45) is 0 Å². The lowest BCUT2D eigenvalue weighted by Gasteiger charge is -2.14. The summed E-state index contributed by atoms with van der Waals surface area (Å²) in [4.78, 5) is 9.34. The molecule has 13 heavy (non-hydrogen) atoms. The Kier molecular flexibility index (Phi) is 8.09. The summed E-state index contributed by atoms with van der Waals surface area (Å²) in [5.41, 5.74) is 0. The number of methoxy groups -OCH3 is 2. The van der Waals surface area contributed by atoms with Crippen LogP contribution in [0.5, 0.6) is 0 Å². The molecule has 0 aliphatic heterocycles. The average Bonchev–Trinajstić information content (AvgIpc) is 2.05. The summed E-state index contributed by atoms with van der Waals surface area (Å²) in [5, 5.41) is 0. The Hall–Kier alpha value is 0.450. The first-order valence-electron chi connectivity index (χ1n) is 3.72. The number of hydrogen-bond acceptors (Lipinski definition) is 5. The van der Waals surface area contributed by atoms with E-state index in [9.17, 15) is 4.89 Å². The third kappa shape index (κ3) is 8.77. The van der Waals surface area contributed by atoms with Crippen LogP contribution in [0.15, 0.2) is 0 Å². The van der Waals surface area contributed by atoms with E-state index in [0.29, 0.717) is 13.2 Å². The molecule has 0 aromatic rings. The highest BCUT2D eigenvalue weighted by molar-refractivity contribution is 8.07. The predicted molar refractivity (Wildman–Crippen MR) is 52.2 cm³/mol. The van der Waals surface area contributed by atoms with Crippen LogP contribution in [0.3, 0.4) is 0 Å². The molecule has 0 radical (unpaired) electrons. The number of hydrogen-bond donors (Lipinski definition) is 1. The smallest absolute Gasteiger partial charge is 0.324 e. The lowest BCUT2D eigenvalue weighted by atomic mass is 10.8. The van der Waals surface area contributed by atoms with E-state index in [1.54, 1.807) is 0 Å². The molecule has 0 unspecified atom stereocenters. The fourth-order valence-corrected chi connectivity index (χ4v) is 1.64. The zero-order chi connectivity index (χ0) is 10.2. The molecule has 5 nitrogen and oxygen atoms in total. The minimum Gasteiger partial charge on any atom is -0.382 e. The minimum atomic E-state index is -3.08. The Balaban J connectivity index is 3.49. The summed E-state index contributed by atoms with van der Waals surface area (Å²) >= 11 is 4.68. The van der Waals surface area contributed by atoms with Gasteiger partial charge in [0.25, 0.3) is 0 Å². The normalized spacial score (nSPS) is 11.9. The van der Waals surface area contributed by atoms with Crippen LogP contribution in [0, 0.1) is 0 Å². The van der Waals surface area contributed by atoms with Gasteiger partial charge in [-0.3, -0.25) is 0 Å². The largest absolute Gasteiger partial charge is 0.382 e. The van der Waals surface area contributed by atoms with Crippen LogP contribution in [-0.2, 0) is 30.3 Å². The molecule has 0 amide bonds. The standard InChI is InChI=1S/C6H15O5PS/c1-8-3-5-10-12(7,13)11-6-4-9-2/h3-6H2,1-2H3,(H,7,13). The van der Waals surface area contributed by atoms with Crippen molar-refractivity contribution in [2.75, 3.05) is 40.6 Å². The van der Waals surface area contributed by atoms with E-state index in [0.717, 1.165) is 0 Å². The summed E-state index contributed by atoms with van der Waals surface area (Å²) in [5.74, 6) is 0. The highest BCUT2D eigenvalue weighted by Gasteiger charge is 2.13. The SMILES string of the molecule is COCCOP(O)(=S)OCCOC. The van der Waals surface area contributed by atoms with Gasteiger partial charge >= 0.3 is 6.72 Å². The van der Waals surface area contributed by atoms with Crippen molar-refractivity contribution in [3.05, 3.63) is 0 Å². The van der Waals surface area contributed by atoms with Crippen LogP contribution < -0.4 is 0 Å². The van der Waals surface area contributed by atoms with Crippen molar-refractivity contribution in [1.29, 1.82) is 0 Å². The average molecular weight is 230 g/mol. The molecule has 7 heteroatoms. The van der Waals surface area contributed by atoms with E-state index in [1.807, 2.05) is 0 Å². The van der Waals surface area contributed by atoms with Crippen LogP contribution >= 0.6 is 6.72 Å². The topological polar surface area (TPSA) is 57.2 Å². The number of rotatable bonds is 8. The van der Waals surface area contributed by atoms with E-state index < -0.39 is 6.72 Å². The molecule has 0 atom stereocenters. The van der Waals surface area contributed by atoms with Crippen molar-refractivity contribution in [3.8, 4) is 0 Å². The van der Waals surface area contributed by atoms with Crippen molar-refractivity contribution in [1.82, 2.24) is 0 Å². The Morgan fingerprint density at radius 3 is 1.69 bits per heavy atom. The summed E-state index contributed by atoms with van der Waals surface area (Å²) in [6.07, 6.45) is 0. The Bertz CT molecular complexity index is 151. The van der Waals surface area contributed by atoms with Crippen molar-refractivity contribution < 1.29 is 23.4 Å². The van der Waals surface area contributed by atoms with Gasteiger partial charge in [-0.2, -0.15) is 0 Å². The molecule has 0 heterocycles. The molecule has 0 saturated carbocycles. The zero-order valence-electron chi connectivity index (χ0n) is 7.76. The Morgan fingerprint density at radius 2 is 1.38 bits per heavy atom. The summed E-state index contributed by atoms with van der Waals surface area (Å²) < 4.78 is 19.2. The molecule has 0 aromatic carbocycles. The molecule has 0 aromatic heterocycles. The van der Waals surface area contributed by atoms with E-state index in [4.69, 9.17) is 18.5 Å². The first kappa shape index (κ1) is 13.4. The van der Waals surface area contributed by atoms with Gasteiger partial charge in [0.2, 0.25) is 0 Å². The molecule has 0 aliphatic carbocycles. The number of ether oxygens (including phenoxy) is 2. The van der Waals surface area contributed by atoms with Crippen LogP contribution in [0.2, 0.25) is 0 Å². The summed E-state index contributed by atoms with van der Waals surface area (Å²) in [6, 6.07) is 0. The molecule has 0 bridgehead atoms. The molecule has 0 saturated heterocycles. The summed E-state index contributed by atoms with van der Waals surface area (Å²) in [6.45, 7) is -1.85. The third-order valence-electron chi connectivity index (χ3n) is 1.08. The minimum absolute atomic E-state index is 0.233. The molecule has 1 N–H and O–H groups in total. The van der Waals surface area contributed by atoms with Crippen molar-refractivity contribution in [2.45, 2.75) is 0 Å². The maximum absolute atomic E-state index is 9.34. The maximum atomic E-state index is 9.34. The monoisotopic (exact) mass is 230 g/mol. The van der Waals surface area contributed by atoms with Gasteiger partial charge in [-0.25, -0.2) is 0 Å². The Morgan fingerprint density at radius 1 is 1.00 bits per heavy atom. The van der Waals surface area contributed by atoms with Crippen LogP contribution in [0.25, 0.3) is 0 Å². The van der Waals surface area contributed by atoms with Crippen molar-refractivity contribution in [3.63, 3.8) is 0 Å². The van der Waals surface area contributed by atoms with E-state index in [1.165, 1.54) is 14.2 Å². The van der Waals surface area contributed by atoms with Crippen molar-refractivity contribution >= 4 is 18.5 Å². The lowest BCUT2D eigenvalue weighted by Crippen LogP contribution is -2.05. The van der Waals surface area contributed by atoms with Crippen LogP contribution in [0.4, 0.5) is 0 Å². The Labute approximate surface area is 83.2 Å². The molecule has 0 spiro atoms. The molecule has 0 aliphatic rings. The zero-order valence-corrected chi connectivity index (χ0v) is 9.48. The molecule has 0 fully saturated rings. The van der Waals surface area contributed by atoms with Gasteiger partial charge in [-0.05, 0) is 11.8 Å². The first-order valence-corrected chi connectivity index (χ1v) is 6.31. The lowest BCUT2D eigenvalue weighted by molar-refractivity contribution is 0.104. The second-order valence-electron chi connectivity index (χ2n) is 2.12. The fraction of sp³-hybridized carbons (Fsp3) is 1.00. The highest BCUT2D eigenvalue weighted by Crippen LogP contribution is 2.43. The molecular formula is C6H15O5PS. The van der Waals surface area contributed by atoms with Gasteiger partial charge in [-0.1, -0.05) is 0 Å². The van der Waals surface area contributed by atoms with Gasteiger partial charge in [0.15, 0.2) is 0 Å². The van der Waals surface area contributed by atoms with Gasteiger partial charge in [-0.15, -0.1) is 0 Å². The van der Waals surface area contributed by atoms with E-state index in [2.05, 4.69) is 11.8 Å². The second-order valence-corrected chi connectivity index (χ2v) is 4.96. The van der Waals surface area contributed by atoms with E-state index in [-0.39, 0.29) is 13.2 Å². The predicted octanol–water partition coefficient (Wildman–Crippen LogP) is 0.529. The molecule has 80 valence electrons. The van der Waals surface area contributed by atoms with Gasteiger partial charge in [0, 0.05) is 14.2 Å². The second kappa shape index (κ2) is 7.82. The fourth-order valence-electron chi connectivity index (χ4n) is 0.509. The maximum Gasteiger partial charge on any atom is 0.324 e. The van der Waals surface area contributed by atoms with Gasteiger partial charge < -0.3 is 23.4 Å². The van der Waals surface area contributed by atoms with Gasteiger partial charge in [0.05, 0.1) is 26.4 Å². The van der Waals surface area contributed by atoms with Gasteiger partial charge in [0.1, 0.15) is 0 Å². The molecular weight excluding hydrogens is 215 g/mol. The van der Waals surface area contributed by atoms with E-state index >= 15 is 0 Å².